The highest BCUT2D eigenvalue weighted by Crippen LogP contribution is 2.26. The lowest BCUT2D eigenvalue weighted by atomic mass is 10.1. The predicted molar refractivity (Wildman–Crippen MR) is 101 cm³/mol. The van der Waals surface area contributed by atoms with Crippen molar-refractivity contribution in [1.29, 1.82) is 0 Å². The quantitative estimate of drug-likeness (QED) is 0.727. The van der Waals surface area contributed by atoms with Crippen LogP contribution in [0.4, 0.5) is 5.82 Å². The number of benzene rings is 1. The molecule has 2 heterocycles. The summed E-state index contributed by atoms with van der Waals surface area (Å²) in [6, 6.07) is 9.96. The molecular weight excluding hydrogens is 328 g/mol. The van der Waals surface area contributed by atoms with Gasteiger partial charge in [-0.3, -0.25) is 0 Å². The first kappa shape index (κ1) is 17.9. The van der Waals surface area contributed by atoms with Gasteiger partial charge in [-0.25, -0.2) is 4.98 Å². The molecule has 0 bridgehead atoms. The van der Waals surface area contributed by atoms with Gasteiger partial charge < -0.3 is 14.6 Å². The van der Waals surface area contributed by atoms with Crippen LogP contribution in [0.3, 0.4) is 0 Å². The number of ether oxygens (including phenoxy) is 1. The van der Waals surface area contributed by atoms with E-state index in [4.69, 9.17) is 9.26 Å². The van der Waals surface area contributed by atoms with Gasteiger partial charge in [0.25, 0.3) is 5.89 Å². The Bertz CT molecular complexity index is 897. The minimum absolute atomic E-state index is 0.253. The van der Waals surface area contributed by atoms with Crippen molar-refractivity contribution in [2.45, 2.75) is 46.8 Å². The third-order valence-corrected chi connectivity index (χ3v) is 3.63. The van der Waals surface area contributed by atoms with Gasteiger partial charge in [0, 0.05) is 23.9 Å². The number of pyridine rings is 1. The summed E-state index contributed by atoms with van der Waals surface area (Å²) in [5.74, 6) is 2.71. The van der Waals surface area contributed by atoms with E-state index in [-0.39, 0.29) is 5.60 Å². The van der Waals surface area contributed by atoms with Crippen LogP contribution in [-0.2, 0) is 6.54 Å². The maximum atomic E-state index is 6.10. The first-order valence-corrected chi connectivity index (χ1v) is 8.59. The van der Waals surface area contributed by atoms with Crippen molar-refractivity contribution in [3.63, 3.8) is 0 Å². The summed E-state index contributed by atoms with van der Waals surface area (Å²) in [7, 11) is 0. The minimum Gasteiger partial charge on any atom is -0.488 e. The molecule has 0 atom stereocenters. The van der Waals surface area contributed by atoms with Crippen molar-refractivity contribution in [2.75, 3.05) is 5.32 Å². The Morgan fingerprint density at radius 3 is 2.62 bits per heavy atom. The lowest BCUT2D eigenvalue weighted by Crippen LogP contribution is -2.24. The van der Waals surface area contributed by atoms with Crippen LogP contribution in [0, 0.1) is 13.8 Å². The van der Waals surface area contributed by atoms with Gasteiger partial charge in [0.05, 0.1) is 0 Å². The molecule has 0 saturated carbocycles. The highest BCUT2D eigenvalue weighted by atomic mass is 16.5. The van der Waals surface area contributed by atoms with Crippen LogP contribution in [0.1, 0.15) is 37.7 Å². The van der Waals surface area contributed by atoms with Crippen molar-refractivity contribution >= 4 is 5.82 Å². The SMILES string of the molecule is Cc1ccc(CNc2cc(-c3nc(C)no3)ccn2)c(OC(C)(C)C)c1. The summed E-state index contributed by atoms with van der Waals surface area (Å²) >= 11 is 0. The molecule has 0 saturated heterocycles. The molecule has 3 aromatic rings. The Morgan fingerprint density at radius 1 is 1.12 bits per heavy atom. The van der Waals surface area contributed by atoms with Crippen LogP contribution < -0.4 is 10.1 Å². The van der Waals surface area contributed by atoms with Gasteiger partial charge >= 0.3 is 0 Å². The summed E-state index contributed by atoms with van der Waals surface area (Å²) in [4.78, 5) is 8.62. The maximum absolute atomic E-state index is 6.10. The van der Waals surface area contributed by atoms with Crippen LogP contribution in [0.15, 0.2) is 41.1 Å². The number of hydrogen-bond donors (Lipinski definition) is 1. The molecular formula is C20H24N4O2. The highest BCUT2D eigenvalue weighted by molar-refractivity contribution is 5.58. The molecule has 0 spiro atoms. The van der Waals surface area contributed by atoms with E-state index in [1.54, 1.807) is 13.1 Å². The molecule has 0 radical (unpaired) electrons. The van der Waals surface area contributed by atoms with Gasteiger partial charge in [-0.1, -0.05) is 17.3 Å². The van der Waals surface area contributed by atoms with E-state index in [1.165, 1.54) is 5.56 Å². The second-order valence-corrected chi connectivity index (χ2v) is 7.26. The fourth-order valence-corrected chi connectivity index (χ4v) is 2.49. The zero-order valence-corrected chi connectivity index (χ0v) is 15.8. The number of hydrogen-bond acceptors (Lipinski definition) is 6. The molecule has 1 aromatic carbocycles. The molecule has 136 valence electrons. The second kappa shape index (κ2) is 7.15. The molecule has 6 nitrogen and oxygen atoms in total. The molecule has 0 unspecified atom stereocenters. The standard InChI is InChI=1S/C20H24N4O2/c1-13-6-7-16(17(10-13)25-20(3,4)5)12-22-18-11-15(8-9-21-18)19-23-14(2)24-26-19/h6-11H,12H2,1-5H3,(H,21,22). The predicted octanol–water partition coefficient (Wildman–Crippen LogP) is 4.54. The monoisotopic (exact) mass is 352 g/mol. The van der Waals surface area contributed by atoms with E-state index in [0.717, 1.165) is 22.7 Å². The Kier molecular flexibility index (Phi) is 4.93. The normalized spacial score (nSPS) is 11.4. The highest BCUT2D eigenvalue weighted by Gasteiger charge is 2.15. The third-order valence-electron chi connectivity index (χ3n) is 3.63. The third kappa shape index (κ3) is 4.59. The number of anilines is 1. The fraction of sp³-hybridized carbons (Fsp3) is 0.350. The van der Waals surface area contributed by atoms with Gasteiger partial charge in [-0.05, 0) is 58.4 Å². The smallest absolute Gasteiger partial charge is 0.258 e. The van der Waals surface area contributed by atoms with Gasteiger partial charge in [0.1, 0.15) is 17.2 Å². The zero-order valence-electron chi connectivity index (χ0n) is 15.8. The molecule has 1 N–H and O–H groups in total. The lowest BCUT2D eigenvalue weighted by Gasteiger charge is -2.24. The zero-order chi connectivity index (χ0) is 18.7. The van der Waals surface area contributed by atoms with E-state index in [0.29, 0.717) is 18.3 Å². The van der Waals surface area contributed by atoms with Crippen LogP contribution >= 0.6 is 0 Å². The van der Waals surface area contributed by atoms with Crippen molar-refractivity contribution in [1.82, 2.24) is 15.1 Å². The molecule has 0 aliphatic carbocycles. The van der Waals surface area contributed by atoms with Gasteiger partial charge in [-0.2, -0.15) is 4.98 Å². The van der Waals surface area contributed by atoms with E-state index in [9.17, 15) is 0 Å². The average molecular weight is 352 g/mol. The molecule has 6 heteroatoms. The second-order valence-electron chi connectivity index (χ2n) is 7.26. The number of rotatable bonds is 5. The Balaban J connectivity index is 1.77. The van der Waals surface area contributed by atoms with Crippen LogP contribution in [0.5, 0.6) is 5.75 Å². The molecule has 2 aromatic heterocycles. The van der Waals surface area contributed by atoms with Crippen molar-refractivity contribution in [2.24, 2.45) is 0 Å². The number of nitrogens with one attached hydrogen (secondary N) is 1. The molecule has 26 heavy (non-hydrogen) atoms. The number of nitrogens with zero attached hydrogens (tertiary/aromatic N) is 3. The average Bonchev–Trinajstić information content (AvgIpc) is 2.99. The molecule has 3 rings (SSSR count). The summed E-state index contributed by atoms with van der Waals surface area (Å²) in [6.45, 7) is 10.6. The first-order valence-electron chi connectivity index (χ1n) is 8.59. The summed E-state index contributed by atoms with van der Waals surface area (Å²) in [5.41, 5.74) is 2.82. The van der Waals surface area contributed by atoms with Crippen LogP contribution in [0.2, 0.25) is 0 Å². The minimum atomic E-state index is -0.253. The van der Waals surface area contributed by atoms with Crippen molar-refractivity contribution in [3.8, 4) is 17.2 Å². The van der Waals surface area contributed by atoms with Crippen molar-refractivity contribution < 1.29 is 9.26 Å². The topological polar surface area (TPSA) is 73.1 Å². The molecule has 0 amide bonds. The van der Waals surface area contributed by atoms with Crippen molar-refractivity contribution in [3.05, 3.63) is 53.5 Å². The maximum Gasteiger partial charge on any atom is 0.258 e. The lowest BCUT2D eigenvalue weighted by molar-refractivity contribution is 0.129. The molecule has 0 aliphatic rings. The Morgan fingerprint density at radius 2 is 1.92 bits per heavy atom. The summed E-state index contributed by atoms with van der Waals surface area (Å²) in [5, 5.41) is 7.17. The van der Waals surface area contributed by atoms with E-state index in [1.807, 2.05) is 32.9 Å². The van der Waals surface area contributed by atoms with Gasteiger partial charge in [-0.15, -0.1) is 0 Å². The van der Waals surface area contributed by atoms with Crippen LogP contribution in [-0.4, -0.2) is 20.7 Å². The number of aryl methyl sites for hydroxylation is 2. The van der Waals surface area contributed by atoms with E-state index < -0.39 is 0 Å². The number of aromatic nitrogens is 3. The molecule has 0 aliphatic heterocycles. The Labute approximate surface area is 153 Å². The summed E-state index contributed by atoms with van der Waals surface area (Å²) < 4.78 is 11.3. The van der Waals surface area contributed by atoms with Crippen LogP contribution in [0.25, 0.3) is 11.5 Å². The largest absolute Gasteiger partial charge is 0.488 e. The van der Waals surface area contributed by atoms with E-state index in [2.05, 4.69) is 45.6 Å². The first-order chi connectivity index (χ1) is 12.3. The van der Waals surface area contributed by atoms with Gasteiger partial charge in [0.15, 0.2) is 5.82 Å². The molecule has 0 fully saturated rings. The fourth-order valence-electron chi connectivity index (χ4n) is 2.49. The van der Waals surface area contributed by atoms with E-state index >= 15 is 0 Å². The Hall–Kier alpha value is -2.89. The van der Waals surface area contributed by atoms with Gasteiger partial charge in [0.2, 0.25) is 0 Å². The summed E-state index contributed by atoms with van der Waals surface area (Å²) in [6.07, 6.45) is 1.72.